The minimum Gasteiger partial charge on any atom is -0.344 e. The maximum Gasteiger partial charge on any atom is 0.241 e. The van der Waals surface area contributed by atoms with E-state index in [1.165, 1.54) is 0 Å². The first-order valence-corrected chi connectivity index (χ1v) is 5.89. The molecule has 1 aliphatic heterocycles. The molecule has 1 saturated heterocycles. The third-order valence-corrected chi connectivity index (χ3v) is 3.17. The Labute approximate surface area is 107 Å². The molecule has 1 aliphatic rings. The molecule has 0 aromatic carbocycles. The summed E-state index contributed by atoms with van der Waals surface area (Å²) in [5.74, 6) is 6.34. The predicted octanol–water partition coefficient (Wildman–Crippen LogP) is -0.197. The van der Waals surface area contributed by atoms with E-state index in [0.29, 0.717) is 24.9 Å². The lowest BCUT2D eigenvalue weighted by Crippen LogP contribution is -2.49. The summed E-state index contributed by atoms with van der Waals surface area (Å²) < 4.78 is 0.744. The first kappa shape index (κ1) is 12.1. The van der Waals surface area contributed by atoms with Gasteiger partial charge in [0.2, 0.25) is 11.9 Å². The Bertz CT molecular complexity index is 439. The first-order valence-electron chi connectivity index (χ1n) is 5.10. The lowest BCUT2D eigenvalue weighted by Gasteiger charge is -2.33. The normalized spacial score (nSPS) is 16.3. The number of carbonyl (C=O) groups excluding carboxylic acids is 1. The van der Waals surface area contributed by atoms with Crippen LogP contribution in [-0.2, 0) is 4.79 Å². The number of nitrogens with one attached hydrogen (secondary N) is 1. The molecule has 0 unspecified atom stereocenters. The van der Waals surface area contributed by atoms with Crippen LogP contribution in [0.5, 0.6) is 0 Å². The molecule has 1 fully saturated rings. The van der Waals surface area contributed by atoms with Crippen LogP contribution in [0.25, 0.3) is 0 Å². The number of hydrazine groups is 1. The van der Waals surface area contributed by atoms with Crippen molar-refractivity contribution in [2.24, 2.45) is 5.84 Å². The molecule has 2 heterocycles. The van der Waals surface area contributed by atoms with E-state index in [0.717, 1.165) is 11.0 Å². The van der Waals surface area contributed by atoms with Crippen molar-refractivity contribution >= 4 is 33.6 Å². The summed E-state index contributed by atoms with van der Waals surface area (Å²) in [7, 11) is 1.79. The van der Waals surface area contributed by atoms with Crippen molar-refractivity contribution in [3.63, 3.8) is 0 Å². The van der Waals surface area contributed by atoms with Crippen LogP contribution in [0.4, 0.5) is 11.8 Å². The van der Waals surface area contributed by atoms with Crippen molar-refractivity contribution in [3.05, 3.63) is 10.7 Å². The highest BCUT2D eigenvalue weighted by atomic mass is 79.9. The van der Waals surface area contributed by atoms with E-state index in [9.17, 15) is 4.79 Å². The van der Waals surface area contributed by atoms with Crippen molar-refractivity contribution in [2.45, 2.75) is 0 Å². The van der Waals surface area contributed by atoms with Gasteiger partial charge in [0, 0.05) is 26.3 Å². The lowest BCUT2D eigenvalue weighted by molar-refractivity contribution is -0.129. The standard InChI is InChI=1S/C9H13BrN6O/c1-15-2-3-16(5-7(15)17)8-6(10)4-12-9(13-8)14-11/h4H,2-3,5,11H2,1H3,(H,12,13,14). The minimum absolute atomic E-state index is 0.0732. The smallest absolute Gasteiger partial charge is 0.241 e. The Morgan fingerprint density at radius 3 is 2.94 bits per heavy atom. The number of carbonyl (C=O) groups is 1. The molecule has 3 N–H and O–H groups in total. The van der Waals surface area contributed by atoms with E-state index in [1.807, 2.05) is 4.90 Å². The lowest BCUT2D eigenvalue weighted by atomic mass is 10.3. The van der Waals surface area contributed by atoms with Gasteiger partial charge in [0.1, 0.15) is 5.82 Å². The fourth-order valence-corrected chi connectivity index (χ4v) is 2.03. The number of nitrogens with zero attached hydrogens (tertiary/aromatic N) is 4. The fourth-order valence-electron chi connectivity index (χ4n) is 1.59. The van der Waals surface area contributed by atoms with Gasteiger partial charge in [0.25, 0.3) is 0 Å². The van der Waals surface area contributed by atoms with Crippen LogP contribution in [0.1, 0.15) is 0 Å². The zero-order chi connectivity index (χ0) is 12.4. The van der Waals surface area contributed by atoms with Gasteiger partial charge in [0.15, 0.2) is 0 Å². The summed E-state index contributed by atoms with van der Waals surface area (Å²) >= 11 is 3.37. The molecular formula is C9H13BrN6O. The Morgan fingerprint density at radius 2 is 2.29 bits per heavy atom. The van der Waals surface area contributed by atoms with Crippen LogP contribution in [0.2, 0.25) is 0 Å². The number of hydrogen-bond donors (Lipinski definition) is 2. The van der Waals surface area contributed by atoms with E-state index in [4.69, 9.17) is 5.84 Å². The molecule has 2 rings (SSSR count). The molecule has 0 aliphatic carbocycles. The summed E-state index contributed by atoms with van der Waals surface area (Å²) in [6.45, 7) is 1.73. The third kappa shape index (κ3) is 2.47. The highest BCUT2D eigenvalue weighted by Crippen LogP contribution is 2.25. The largest absolute Gasteiger partial charge is 0.344 e. The highest BCUT2D eigenvalue weighted by Gasteiger charge is 2.23. The average molecular weight is 301 g/mol. The number of anilines is 2. The minimum atomic E-state index is 0.0732. The molecule has 92 valence electrons. The third-order valence-electron chi connectivity index (χ3n) is 2.61. The van der Waals surface area contributed by atoms with Crippen molar-refractivity contribution in [1.29, 1.82) is 0 Å². The SMILES string of the molecule is CN1CCN(c2nc(NN)ncc2Br)CC1=O. The van der Waals surface area contributed by atoms with Crippen LogP contribution in [-0.4, -0.2) is 47.5 Å². The molecule has 17 heavy (non-hydrogen) atoms. The predicted molar refractivity (Wildman–Crippen MR) is 67.4 cm³/mol. The molecule has 0 saturated carbocycles. The van der Waals surface area contributed by atoms with Crippen LogP contribution < -0.4 is 16.2 Å². The topological polar surface area (TPSA) is 87.4 Å². The number of hydrogen-bond acceptors (Lipinski definition) is 6. The quantitative estimate of drug-likeness (QED) is 0.581. The van der Waals surface area contributed by atoms with E-state index in [1.54, 1.807) is 18.1 Å². The highest BCUT2D eigenvalue weighted by molar-refractivity contribution is 9.10. The van der Waals surface area contributed by atoms with Gasteiger partial charge in [-0.25, -0.2) is 10.8 Å². The van der Waals surface area contributed by atoms with Gasteiger partial charge in [-0.1, -0.05) is 0 Å². The number of amides is 1. The second-order valence-corrected chi connectivity index (χ2v) is 4.60. The Balaban J connectivity index is 2.24. The van der Waals surface area contributed by atoms with Gasteiger partial charge < -0.3 is 9.80 Å². The molecule has 1 aromatic rings. The number of nitrogen functional groups attached to an aromatic ring is 1. The zero-order valence-corrected chi connectivity index (χ0v) is 10.9. The maximum absolute atomic E-state index is 11.6. The molecular weight excluding hydrogens is 288 g/mol. The first-order chi connectivity index (χ1) is 8.11. The number of rotatable bonds is 2. The van der Waals surface area contributed by atoms with Gasteiger partial charge in [-0.15, -0.1) is 0 Å². The van der Waals surface area contributed by atoms with Crippen LogP contribution >= 0.6 is 15.9 Å². The fraction of sp³-hybridized carbons (Fsp3) is 0.444. The molecule has 0 radical (unpaired) electrons. The van der Waals surface area contributed by atoms with Gasteiger partial charge in [-0.2, -0.15) is 4.98 Å². The number of halogens is 1. The van der Waals surface area contributed by atoms with Crippen molar-refractivity contribution in [2.75, 3.05) is 37.0 Å². The second-order valence-electron chi connectivity index (χ2n) is 3.75. The van der Waals surface area contributed by atoms with E-state index in [2.05, 4.69) is 31.3 Å². The van der Waals surface area contributed by atoms with E-state index < -0.39 is 0 Å². The number of likely N-dealkylation sites (N-methyl/N-ethyl adjacent to an activating group) is 1. The summed E-state index contributed by atoms with van der Waals surface area (Å²) in [6.07, 6.45) is 1.61. The number of aromatic nitrogens is 2. The van der Waals surface area contributed by atoms with Crippen LogP contribution in [0.3, 0.4) is 0 Å². The Morgan fingerprint density at radius 1 is 1.53 bits per heavy atom. The van der Waals surface area contributed by atoms with Crippen molar-refractivity contribution in [3.8, 4) is 0 Å². The molecule has 7 nitrogen and oxygen atoms in total. The molecule has 0 atom stereocenters. The van der Waals surface area contributed by atoms with Crippen LogP contribution in [0.15, 0.2) is 10.7 Å². The molecule has 0 spiro atoms. The molecule has 0 bridgehead atoms. The monoisotopic (exact) mass is 300 g/mol. The van der Waals surface area contributed by atoms with Gasteiger partial charge in [-0.05, 0) is 15.9 Å². The second kappa shape index (κ2) is 4.84. The van der Waals surface area contributed by atoms with E-state index in [-0.39, 0.29) is 5.91 Å². The Kier molecular flexibility index (Phi) is 3.43. The van der Waals surface area contributed by atoms with Gasteiger partial charge >= 0.3 is 0 Å². The van der Waals surface area contributed by atoms with Gasteiger partial charge in [-0.3, -0.25) is 10.2 Å². The van der Waals surface area contributed by atoms with Crippen molar-refractivity contribution in [1.82, 2.24) is 14.9 Å². The molecule has 8 heteroatoms. The van der Waals surface area contributed by atoms with Crippen molar-refractivity contribution < 1.29 is 4.79 Å². The van der Waals surface area contributed by atoms with Crippen LogP contribution in [0, 0.1) is 0 Å². The maximum atomic E-state index is 11.6. The average Bonchev–Trinajstić information content (AvgIpc) is 2.33. The Hall–Kier alpha value is -1.41. The summed E-state index contributed by atoms with van der Waals surface area (Å²) in [5.41, 5.74) is 2.39. The number of piperazine rings is 1. The van der Waals surface area contributed by atoms with E-state index >= 15 is 0 Å². The van der Waals surface area contributed by atoms with Gasteiger partial charge in [0.05, 0.1) is 11.0 Å². The summed E-state index contributed by atoms with van der Waals surface area (Å²) in [6, 6.07) is 0. The molecule has 1 amide bonds. The molecule has 1 aromatic heterocycles. The zero-order valence-electron chi connectivity index (χ0n) is 9.35. The summed E-state index contributed by atoms with van der Waals surface area (Å²) in [5, 5.41) is 0. The number of nitrogens with two attached hydrogens (primary N) is 1. The summed E-state index contributed by atoms with van der Waals surface area (Å²) in [4.78, 5) is 23.4.